The molecular formula is C26H30N4O2S. The fraction of sp³-hybridized carbons (Fsp3) is 0.308. The van der Waals surface area contributed by atoms with Gasteiger partial charge in [0, 0.05) is 41.6 Å². The summed E-state index contributed by atoms with van der Waals surface area (Å²) in [6.45, 7) is 6.26. The average molecular weight is 463 g/mol. The number of benzene rings is 2. The van der Waals surface area contributed by atoms with E-state index in [2.05, 4.69) is 56.7 Å². The minimum atomic E-state index is -0.118. The second-order valence-corrected chi connectivity index (χ2v) is 9.37. The van der Waals surface area contributed by atoms with E-state index in [1.807, 2.05) is 37.4 Å². The fourth-order valence-corrected chi connectivity index (χ4v) is 4.65. The van der Waals surface area contributed by atoms with Crippen LogP contribution in [0.2, 0.25) is 0 Å². The van der Waals surface area contributed by atoms with Crippen LogP contribution in [0.25, 0.3) is 10.9 Å². The quantitative estimate of drug-likeness (QED) is 0.347. The summed E-state index contributed by atoms with van der Waals surface area (Å²) in [6.07, 6.45) is 3.03. The van der Waals surface area contributed by atoms with E-state index in [0.29, 0.717) is 12.2 Å². The van der Waals surface area contributed by atoms with Gasteiger partial charge < -0.3 is 15.0 Å². The van der Waals surface area contributed by atoms with E-state index < -0.39 is 0 Å². The third-order valence-corrected chi connectivity index (χ3v) is 6.33. The summed E-state index contributed by atoms with van der Waals surface area (Å²) in [7, 11) is 1.68. The van der Waals surface area contributed by atoms with E-state index in [9.17, 15) is 4.79 Å². The number of methoxy groups -OCH3 is 1. The number of aromatic nitrogens is 2. The Labute approximate surface area is 198 Å². The second kappa shape index (κ2) is 10.6. The standard InChI is InChI=1S/C26H30N4O2S/c1-18(2)28-26(31)24-17-33-25(29-24)16-30(15-19-8-10-21(32-3)11-9-19)13-12-20-14-27-23-7-5-4-6-22(20)23/h4-11,14,17-18,27H,12-13,15-16H2,1-3H3,(H,28,31). The molecule has 0 aliphatic rings. The maximum absolute atomic E-state index is 12.3. The summed E-state index contributed by atoms with van der Waals surface area (Å²) in [5.74, 6) is 0.734. The monoisotopic (exact) mass is 462 g/mol. The topological polar surface area (TPSA) is 70.2 Å². The van der Waals surface area contributed by atoms with E-state index >= 15 is 0 Å². The highest BCUT2D eigenvalue weighted by atomic mass is 32.1. The molecule has 0 spiro atoms. The van der Waals surface area contributed by atoms with Crippen LogP contribution in [0.5, 0.6) is 5.75 Å². The summed E-state index contributed by atoms with van der Waals surface area (Å²) in [5, 5.41) is 6.97. The molecule has 0 atom stereocenters. The molecule has 0 unspecified atom stereocenters. The van der Waals surface area contributed by atoms with Crippen LogP contribution >= 0.6 is 11.3 Å². The van der Waals surface area contributed by atoms with Crippen molar-refractivity contribution in [3.05, 3.63) is 81.9 Å². The van der Waals surface area contributed by atoms with Crippen LogP contribution in [0.15, 0.2) is 60.1 Å². The number of carbonyl (C=O) groups excluding carboxylic acids is 1. The van der Waals surface area contributed by atoms with Gasteiger partial charge in [0.05, 0.1) is 13.7 Å². The number of nitrogens with zero attached hydrogens (tertiary/aromatic N) is 2. The van der Waals surface area contributed by atoms with Gasteiger partial charge in [-0.15, -0.1) is 11.3 Å². The Hall–Kier alpha value is -3.16. The number of hydrogen-bond acceptors (Lipinski definition) is 5. The van der Waals surface area contributed by atoms with Gasteiger partial charge >= 0.3 is 0 Å². The number of hydrogen-bond donors (Lipinski definition) is 2. The molecule has 1 amide bonds. The molecule has 2 N–H and O–H groups in total. The van der Waals surface area contributed by atoms with Gasteiger partial charge in [-0.05, 0) is 49.6 Å². The summed E-state index contributed by atoms with van der Waals surface area (Å²) in [5.41, 5.74) is 4.17. The third kappa shape index (κ3) is 6.00. The van der Waals surface area contributed by atoms with Gasteiger partial charge in [-0.25, -0.2) is 4.98 Å². The van der Waals surface area contributed by atoms with Crippen LogP contribution in [0.1, 0.15) is 40.5 Å². The summed E-state index contributed by atoms with van der Waals surface area (Å²) in [4.78, 5) is 22.7. The summed E-state index contributed by atoms with van der Waals surface area (Å²) >= 11 is 1.54. The number of aromatic amines is 1. The molecule has 33 heavy (non-hydrogen) atoms. The Bertz CT molecular complexity index is 1200. The maximum atomic E-state index is 12.3. The molecule has 0 fully saturated rings. The molecule has 172 valence electrons. The minimum absolute atomic E-state index is 0.0883. The van der Waals surface area contributed by atoms with Crippen molar-refractivity contribution in [2.75, 3.05) is 13.7 Å². The highest BCUT2D eigenvalue weighted by Gasteiger charge is 2.15. The number of fused-ring (bicyclic) bond motifs is 1. The molecule has 4 aromatic rings. The number of amides is 1. The molecule has 2 heterocycles. The van der Waals surface area contributed by atoms with Crippen LogP contribution in [-0.4, -0.2) is 40.5 Å². The van der Waals surface area contributed by atoms with E-state index in [1.165, 1.54) is 27.8 Å². The first-order valence-electron chi connectivity index (χ1n) is 11.2. The highest BCUT2D eigenvalue weighted by Crippen LogP contribution is 2.21. The van der Waals surface area contributed by atoms with Crippen molar-refractivity contribution in [1.29, 1.82) is 0 Å². The number of ether oxygens (including phenoxy) is 1. The number of para-hydroxylation sites is 1. The zero-order chi connectivity index (χ0) is 23.2. The van der Waals surface area contributed by atoms with Crippen LogP contribution in [0, 0.1) is 0 Å². The molecule has 2 aromatic carbocycles. The van der Waals surface area contributed by atoms with E-state index in [0.717, 1.165) is 35.8 Å². The Kier molecular flexibility index (Phi) is 7.42. The Morgan fingerprint density at radius 2 is 1.94 bits per heavy atom. The number of carbonyl (C=O) groups is 1. The first-order chi connectivity index (χ1) is 16.0. The van der Waals surface area contributed by atoms with Crippen LogP contribution < -0.4 is 10.1 Å². The maximum Gasteiger partial charge on any atom is 0.270 e. The number of nitrogens with one attached hydrogen (secondary N) is 2. The van der Waals surface area contributed by atoms with Gasteiger partial charge in [0.2, 0.25) is 0 Å². The van der Waals surface area contributed by atoms with E-state index in [1.54, 1.807) is 7.11 Å². The number of H-pyrrole nitrogens is 1. The van der Waals surface area contributed by atoms with Gasteiger partial charge in [-0.2, -0.15) is 0 Å². The van der Waals surface area contributed by atoms with Crippen LogP contribution in [-0.2, 0) is 19.5 Å². The predicted octanol–water partition coefficient (Wildman–Crippen LogP) is 5.02. The zero-order valence-corrected chi connectivity index (χ0v) is 20.1. The summed E-state index contributed by atoms with van der Waals surface area (Å²) < 4.78 is 5.30. The lowest BCUT2D eigenvalue weighted by molar-refractivity contribution is 0.0938. The molecule has 2 aromatic heterocycles. The smallest absolute Gasteiger partial charge is 0.270 e. The third-order valence-electron chi connectivity index (χ3n) is 5.50. The summed E-state index contributed by atoms with van der Waals surface area (Å²) in [6, 6.07) is 16.7. The molecule has 4 rings (SSSR count). The Balaban J connectivity index is 1.49. The molecule has 0 aliphatic carbocycles. The normalized spacial score (nSPS) is 11.4. The van der Waals surface area contributed by atoms with Gasteiger partial charge in [-0.3, -0.25) is 9.69 Å². The van der Waals surface area contributed by atoms with Crippen molar-refractivity contribution in [2.24, 2.45) is 0 Å². The van der Waals surface area contributed by atoms with Crippen molar-refractivity contribution < 1.29 is 9.53 Å². The van der Waals surface area contributed by atoms with Crippen molar-refractivity contribution in [3.63, 3.8) is 0 Å². The van der Waals surface area contributed by atoms with Gasteiger partial charge in [0.15, 0.2) is 0 Å². The highest BCUT2D eigenvalue weighted by molar-refractivity contribution is 7.09. The fourth-order valence-electron chi connectivity index (χ4n) is 3.84. The van der Waals surface area contributed by atoms with E-state index in [4.69, 9.17) is 4.74 Å². The molecule has 0 radical (unpaired) electrons. The van der Waals surface area contributed by atoms with Crippen molar-refractivity contribution >= 4 is 28.1 Å². The van der Waals surface area contributed by atoms with Gasteiger partial charge in [0.1, 0.15) is 16.5 Å². The molecule has 0 bridgehead atoms. The van der Waals surface area contributed by atoms with Gasteiger partial charge in [-0.1, -0.05) is 30.3 Å². The first-order valence-corrected chi connectivity index (χ1v) is 12.1. The zero-order valence-electron chi connectivity index (χ0n) is 19.3. The Morgan fingerprint density at radius 1 is 1.15 bits per heavy atom. The average Bonchev–Trinajstić information content (AvgIpc) is 3.45. The molecular weight excluding hydrogens is 432 g/mol. The Morgan fingerprint density at radius 3 is 2.70 bits per heavy atom. The number of thiazole rings is 1. The minimum Gasteiger partial charge on any atom is -0.497 e. The molecule has 0 aliphatic heterocycles. The molecule has 0 saturated heterocycles. The van der Waals surface area contributed by atoms with E-state index in [-0.39, 0.29) is 11.9 Å². The lowest BCUT2D eigenvalue weighted by atomic mass is 10.1. The lowest BCUT2D eigenvalue weighted by Crippen LogP contribution is -2.30. The second-order valence-electron chi connectivity index (χ2n) is 8.42. The number of rotatable bonds is 10. The van der Waals surface area contributed by atoms with Crippen molar-refractivity contribution in [2.45, 2.75) is 39.4 Å². The first kappa shape index (κ1) is 23.0. The van der Waals surface area contributed by atoms with Crippen molar-refractivity contribution in [3.8, 4) is 5.75 Å². The van der Waals surface area contributed by atoms with Crippen LogP contribution in [0.3, 0.4) is 0 Å². The van der Waals surface area contributed by atoms with Crippen LogP contribution in [0.4, 0.5) is 0 Å². The SMILES string of the molecule is COc1ccc(CN(CCc2c[nH]c3ccccc23)Cc2nc(C(=O)NC(C)C)cs2)cc1. The van der Waals surface area contributed by atoms with Gasteiger partial charge in [0.25, 0.3) is 5.91 Å². The predicted molar refractivity (Wildman–Crippen MR) is 134 cm³/mol. The lowest BCUT2D eigenvalue weighted by Gasteiger charge is -2.21. The molecule has 6 nitrogen and oxygen atoms in total. The van der Waals surface area contributed by atoms with Crippen molar-refractivity contribution in [1.82, 2.24) is 20.2 Å². The molecule has 0 saturated carbocycles. The largest absolute Gasteiger partial charge is 0.497 e. The molecule has 7 heteroatoms.